The maximum Gasteiger partial charge on any atom is 0.338 e. The Hall–Kier alpha value is -1.91. The first-order valence-electron chi connectivity index (χ1n) is 6.77. The Labute approximate surface area is 128 Å². The van der Waals surface area contributed by atoms with Crippen LogP contribution in [0.1, 0.15) is 17.3 Å². The van der Waals surface area contributed by atoms with E-state index in [1.54, 1.807) is 30.3 Å². The number of aliphatic hydroxyl groups excluding tert-OH is 1. The Balaban J connectivity index is 2.07. The summed E-state index contributed by atoms with van der Waals surface area (Å²) in [6.45, 7) is 1.27. The number of ether oxygens (including phenoxy) is 3. The van der Waals surface area contributed by atoms with Crippen molar-refractivity contribution < 1.29 is 29.2 Å². The molecule has 1 saturated heterocycles. The van der Waals surface area contributed by atoms with Crippen LogP contribution in [-0.2, 0) is 14.2 Å². The molecule has 1 aliphatic rings. The molecule has 0 radical (unpaired) electrons. The Bertz CT molecular complexity index is 575. The predicted molar refractivity (Wildman–Crippen MR) is 76.8 cm³/mol. The Morgan fingerprint density at radius 3 is 2.68 bits per heavy atom. The number of hydrogen-bond acceptors (Lipinski definition) is 6. The summed E-state index contributed by atoms with van der Waals surface area (Å²) in [6.07, 6.45) is -3.40. The lowest BCUT2D eigenvalue weighted by Crippen LogP contribution is -2.49. The second-order valence-corrected chi connectivity index (χ2v) is 4.84. The average Bonchev–Trinajstić information content (AvgIpc) is 2.78. The number of rotatable bonds is 4. The molecule has 1 aromatic rings. The summed E-state index contributed by atoms with van der Waals surface area (Å²) in [5.41, 5.74) is -1.47. The second kappa shape index (κ2) is 6.90. The maximum absolute atomic E-state index is 11.9. The van der Waals surface area contributed by atoms with Crippen molar-refractivity contribution in [2.75, 3.05) is 13.7 Å². The van der Waals surface area contributed by atoms with E-state index >= 15 is 0 Å². The molecule has 0 aromatic heterocycles. The first kappa shape index (κ1) is 16.5. The first-order chi connectivity index (χ1) is 10.5. The van der Waals surface area contributed by atoms with Gasteiger partial charge in [0.1, 0.15) is 18.8 Å². The molecule has 0 amide bonds. The van der Waals surface area contributed by atoms with Gasteiger partial charge in [-0.1, -0.05) is 24.1 Å². The van der Waals surface area contributed by atoms with Crippen LogP contribution in [-0.4, -0.2) is 54.0 Å². The van der Waals surface area contributed by atoms with Gasteiger partial charge in [-0.25, -0.2) is 4.79 Å². The summed E-state index contributed by atoms with van der Waals surface area (Å²) in [7, 11) is 1.34. The standard InChI is InChI=1S/C16H18O6/c1-3-9-16(19)12(22-15(20-2)13(16)17)10-21-14(18)11-7-5-4-6-8-11/h4-8,12-13,15,17,19H,10H2,1-2H3/t12-,13+,15?,16-/m1/s1. The van der Waals surface area contributed by atoms with Crippen molar-refractivity contribution in [3.8, 4) is 11.8 Å². The van der Waals surface area contributed by atoms with Gasteiger partial charge in [-0.2, -0.15) is 0 Å². The van der Waals surface area contributed by atoms with Crippen molar-refractivity contribution in [3.63, 3.8) is 0 Å². The highest BCUT2D eigenvalue weighted by atomic mass is 16.7. The largest absolute Gasteiger partial charge is 0.459 e. The lowest BCUT2D eigenvalue weighted by molar-refractivity contribution is -0.153. The Morgan fingerprint density at radius 2 is 2.09 bits per heavy atom. The number of hydrogen-bond donors (Lipinski definition) is 2. The highest BCUT2D eigenvalue weighted by molar-refractivity contribution is 5.89. The van der Waals surface area contributed by atoms with Crippen molar-refractivity contribution in [2.45, 2.75) is 31.0 Å². The summed E-state index contributed by atoms with van der Waals surface area (Å²) in [4.78, 5) is 11.9. The summed E-state index contributed by atoms with van der Waals surface area (Å²) in [6, 6.07) is 8.44. The van der Waals surface area contributed by atoms with Crippen LogP contribution in [0.15, 0.2) is 30.3 Å². The van der Waals surface area contributed by atoms with E-state index in [0.717, 1.165) is 0 Å². The van der Waals surface area contributed by atoms with Crippen LogP contribution in [0.3, 0.4) is 0 Å². The molecule has 0 bridgehead atoms. The van der Waals surface area contributed by atoms with Crippen molar-refractivity contribution in [2.24, 2.45) is 0 Å². The number of benzene rings is 1. The maximum atomic E-state index is 11.9. The van der Waals surface area contributed by atoms with Crippen LogP contribution in [0.2, 0.25) is 0 Å². The number of methoxy groups -OCH3 is 1. The molecule has 0 saturated carbocycles. The molecule has 1 unspecified atom stereocenters. The second-order valence-electron chi connectivity index (χ2n) is 4.84. The van der Waals surface area contributed by atoms with Gasteiger partial charge in [-0.15, -0.1) is 5.92 Å². The molecule has 2 rings (SSSR count). The SMILES string of the molecule is CC#C[C@@]1(O)[C@@H](COC(=O)c2ccccc2)OC(OC)[C@@H]1O. The normalized spacial score (nSPS) is 30.5. The fourth-order valence-corrected chi connectivity index (χ4v) is 2.25. The molecule has 1 aromatic carbocycles. The van der Waals surface area contributed by atoms with Crippen molar-refractivity contribution in [1.29, 1.82) is 0 Å². The van der Waals surface area contributed by atoms with Crippen LogP contribution in [0.5, 0.6) is 0 Å². The van der Waals surface area contributed by atoms with Crippen LogP contribution < -0.4 is 0 Å². The number of carbonyl (C=O) groups is 1. The molecule has 1 aliphatic heterocycles. The van der Waals surface area contributed by atoms with Crippen LogP contribution in [0, 0.1) is 11.8 Å². The quantitative estimate of drug-likeness (QED) is 0.616. The van der Waals surface area contributed by atoms with Gasteiger partial charge < -0.3 is 24.4 Å². The third-order valence-corrected chi connectivity index (χ3v) is 3.43. The van der Waals surface area contributed by atoms with E-state index < -0.39 is 30.1 Å². The smallest absolute Gasteiger partial charge is 0.338 e. The van der Waals surface area contributed by atoms with E-state index in [9.17, 15) is 15.0 Å². The number of carbonyl (C=O) groups excluding carboxylic acids is 1. The van der Waals surface area contributed by atoms with Crippen molar-refractivity contribution >= 4 is 5.97 Å². The summed E-state index contributed by atoms with van der Waals surface area (Å²) >= 11 is 0. The lowest BCUT2D eigenvalue weighted by Gasteiger charge is -2.24. The third kappa shape index (κ3) is 3.13. The minimum absolute atomic E-state index is 0.254. The molecule has 4 atom stereocenters. The van der Waals surface area contributed by atoms with Gasteiger partial charge >= 0.3 is 5.97 Å². The van der Waals surface area contributed by atoms with Gasteiger partial charge in [0.05, 0.1) is 5.56 Å². The van der Waals surface area contributed by atoms with Gasteiger partial charge in [0, 0.05) is 7.11 Å². The molecule has 22 heavy (non-hydrogen) atoms. The third-order valence-electron chi connectivity index (χ3n) is 3.43. The Kier molecular flexibility index (Phi) is 5.16. The summed E-state index contributed by atoms with van der Waals surface area (Å²) in [5.74, 6) is 4.50. The number of aliphatic hydroxyl groups is 2. The molecule has 0 aliphatic carbocycles. The van der Waals surface area contributed by atoms with Gasteiger partial charge in [0.2, 0.25) is 0 Å². The monoisotopic (exact) mass is 306 g/mol. The lowest BCUT2D eigenvalue weighted by atomic mass is 9.93. The van der Waals surface area contributed by atoms with Crippen molar-refractivity contribution in [1.82, 2.24) is 0 Å². The zero-order chi connectivity index (χ0) is 16.2. The molecular weight excluding hydrogens is 288 g/mol. The molecule has 1 heterocycles. The Morgan fingerprint density at radius 1 is 1.41 bits per heavy atom. The average molecular weight is 306 g/mol. The molecule has 2 N–H and O–H groups in total. The fourth-order valence-electron chi connectivity index (χ4n) is 2.25. The highest BCUT2D eigenvalue weighted by Crippen LogP contribution is 2.31. The minimum atomic E-state index is -1.85. The van der Waals surface area contributed by atoms with E-state index in [2.05, 4.69) is 11.8 Å². The molecule has 1 fully saturated rings. The van der Waals surface area contributed by atoms with E-state index in [1.807, 2.05) is 0 Å². The first-order valence-corrected chi connectivity index (χ1v) is 6.77. The van der Waals surface area contributed by atoms with E-state index in [4.69, 9.17) is 14.2 Å². The van der Waals surface area contributed by atoms with Gasteiger partial charge in [0.15, 0.2) is 11.9 Å². The van der Waals surface area contributed by atoms with Gasteiger partial charge in [-0.3, -0.25) is 0 Å². The zero-order valence-corrected chi connectivity index (χ0v) is 12.4. The topological polar surface area (TPSA) is 85.2 Å². The van der Waals surface area contributed by atoms with E-state index in [-0.39, 0.29) is 6.61 Å². The van der Waals surface area contributed by atoms with E-state index in [0.29, 0.717) is 5.56 Å². The molecule has 0 spiro atoms. The van der Waals surface area contributed by atoms with Crippen LogP contribution >= 0.6 is 0 Å². The number of esters is 1. The fraction of sp³-hybridized carbons (Fsp3) is 0.438. The summed E-state index contributed by atoms with van der Waals surface area (Å²) in [5, 5.41) is 20.5. The predicted octanol–water partition coefficient (Wildman–Crippen LogP) is 0.330. The minimum Gasteiger partial charge on any atom is -0.459 e. The van der Waals surface area contributed by atoms with Crippen LogP contribution in [0.4, 0.5) is 0 Å². The van der Waals surface area contributed by atoms with Gasteiger partial charge in [-0.05, 0) is 19.1 Å². The highest BCUT2D eigenvalue weighted by Gasteiger charge is 2.55. The van der Waals surface area contributed by atoms with Crippen molar-refractivity contribution in [3.05, 3.63) is 35.9 Å². The zero-order valence-electron chi connectivity index (χ0n) is 12.4. The molecule has 6 heteroatoms. The van der Waals surface area contributed by atoms with Gasteiger partial charge in [0.25, 0.3) is 0 Å². The molecule has 6 nitrogen and oxygen atoms in total. The molecule has 118 valence electrons. The van der Waals surface area contributed by atoms with Crippen LogP contribution in [0.25, 0.3) is 0 Å². The summed E-state index contributed by atoms with van der Waals surface area (Å²) < 4.78 is 15.5. The van der Waals surface area contributed by atoms with E-state index in [1.165, 1.54) is 14.0 Å². The molecular formula is C16H18O6.